The number of ether oxygens (including phenoxy) is 1. The van der Waals surface area contributed by atoms with Gasteiger partial charge in [-0.3, -0.25) is 9.59 Å². The highest BCUT2D eigenvalue weighted by atomic mass is 19.1. The Morgan fingerprint density at radius 3 is 2.23 bits per heavy atom. The summed E-state index contributed by atoms with van der Waals surface area (Å²) < 4.78 is 18.7. The molecule has 1 aliphatic rings. The SMILES string of the molecule is COc1cccc(N2C(=O)C(c3ccc(F)cc3)=C(N(C)c3ccccc3)C2=O)c1. The van der Waals surface area contributed by atoms with Gasteiger partial charge in [0, 0.05) is 18.8 Å². The van der Waals surface area contributed by atoms with E-state index < -0.39 is 17.6 Å². The molecule has 0 spiro atoms. The third kappa shape index (κ3) is 3.33. The van der Waals surface area contributed by atoms with Crippen molar-refractivity contribution in [3.05, 3.63) is 95.9 Å². The molecule has 1 aliphatic heterocycles. The first-order valence-electron chi connectivity index (χ1n) is 9.33. The van der Waals surface area contributed by atoms with E-state index in [9.17, 15) is 14.0 Å². The van der Waals surface area contributed by atoms with Crippen LogP contribution in [0.25, 0.3) is 5.57 Å². The second kappa shape index (κ2) is 7.83. The zero-order valence-corrected chi connectivity index (χ0v) is 16.5. The summed E-state index contributed by atoms with van der Waals surface area (Å²) in [6, 6.07) is 21.6. The lowest BCUT2D eigenvalue weighted by Gasteiger charge is -2.21. The summed E-state index contributed by atoms with van der Waals surface area (Å²) in [5.74, 6) is -0.823. The molecule has 0 aromatic heterocycles. The van der Waals surface area contributed by atoms with Gasteiger partial charge in [0.05, 0.1) is 18.4 Å². The van der Waals surface area contributed by atoms with Gasteiger partial charge < -0.3 is 9.64 Å². The molecule has 0 saturated heterocycles. The molecule has 0 N–H and O–H groups in total. The number of anilines is 2. The molecule has 0 bridgehead atoms. The van der Waals surface area contributed by atoms with E-state index in [0.29, 0.717) is 17.0 Å². The van der Waals surface area contributed by atoms with E-state index in [1.807, 2.05) is 30.3 Å². The number of imide groups is 1. The van der Waals surface area contributed by atoms with Crippen molar-refractivity contribution in [2.45, 2.75) is 0 Å². The van der Waals surface area contributed by atoms with E-state index in [0.717, 1.165) is 10.6 Å². The predicted molar refractivity (Wildman–Crippen MR) is 114 cm³/mol. The molecular formula is C24H19FN2O3. The highest BCUT2D eigenvalue weighted by Gasteiger charge is 2.42. The number of methoxy groups -OCH3 is 1. The van der Waals surface area contributed by atoms with Gasteiger partial charge in [-0.2, -0.15) is 0 Å². The number of carbonyl (C=O) groups excluding carboxylic acids is 2. The summed E-state index contributed by atoms with van der Waals surface area (Å²) in [7, 11) is 3.25. The van der Waals surface area contributed by atoms with Gasteiger partial charge in [0.2, 0.25) is 0 Å². The van der Waals surface area contributed by atoms with Gasteiger partial charge in [0.1, 0.15) is 17.3 Å². The molecule has 3 aromatic rings. The van der Waals surface area contributed by atoms with Crippen LogP contribution in [0.15, 0.2) is 84.6 Å². The number of likely N-dealkylation sites (N-methyl/N-ethyl adjacent to an activating group) is 1. The molecular weight excluding hydrogens is 383 g/mol. The highest BCUT2D eigenvalue weighted by molar-refractivity contribution is 6.46. The van der Waals surface area contributed by atoms with Crippen LogP contribution in [0.1, 0.15) is 5.56 Å². The van der Waals surface area contributed by atoms with Crippen LogP contribution in [-0.2, 0) is 9.59 Å². The van der Waals surface area contributed by atoms with E-state index in [4.69, 9.17) is 4.74 Å². The maximum absolute atomic E-state index is 13.5. The predicted octanol–water partition coefficient (Wildman–Crippen LogP) is 4.26. The third-order valence-corrected chi connectivity index (χ3v) is 4.98. The van der Waals surface area contributed by atoms with Crippen LogP contribution < -0.4 is 14.5 Å². The second-order valence-electron chi connectivity index (χ2n) is 6.77. The van der Waals surface area contributed by atoms with Crippen LogP contribution in [-0.4, -0.2) is 26.0 Å². The Bertz CT molecular complexity index is 1140. The summed E-state index contributed by atoms with van der Waals surface area (Å²) in [5.41, 5.74) is 2.06. The maximum Gasteiger partial charge on any atom is 0.282 e. The first-order chi connectivity index (χ1) is 14.5. The molecule has 0 fully saturated rings. The normalized spacial score (nSPS) is 13.8. The Hall–Kier alpha value is -3.93. The molecule has 150 valence electrons. The fourth-order valence-electron chi connectivity index (χ4n) is 3.47. The molecule has 1 heterocycles. The zero-order chi connectivity index (χ0) is 21.3. The van der Waals surface area contributed by atoms with Gasteiger partial charge in [-0.05, 0) is 42.0 Å². The van der Waals surface area contributed by atoms with Crippen LogP contribution in [0.5, 0.6) is 5.75 Å². The average molecular weight is 402 g/mol. The number of hydrogen-bond donors (Lipinski definition) is 0. The summed E-state index contributed by atoms with van der Waals surface area (Å²) in [6.07, 6.45) is 0. The molecule has 5 nitrogen and oxygen atoms in total. The number of para-hydroxylation sites is 1. The van der Waals surface area contributed by atoms with E-state index in [-0.39, 0.29) is 11.3 Å². The molecule has 0 unspecified atom stereocenters. The Balaban J connectivity index is 1.87. The minimum Gasteiger partial charge on any atom is -0.497 e. The van der Waals surface area contributed by atoms with E-state index >= 15 is 0 Å². The molecule has 3 aromatic carbocycles. The first-order valence-corrected chi connectivity index (χ1v) is 9.33. The van der Waals surface area contributed by atoms with Crippen molar-refractivity contribution >= 4 is 28.8 Å². The van der Waals surface area contributed by atoms with Gasteiger partial charge in [-0.1, -0.05) is 36.4 Å². The topological polar surface area (TPSA) is 49.9 Å². The summed E-state index contributed by atoms with van der Waals surface area (Å²) >= 11 is 0. The number of halogens is 1. The van der Waals surface area contributed by atoms with Crippen LogP contribution in [0.3, 0.4) is 0 Å². The quantitative estimate of drug-likeness (QED) is 0.599. The van der Waals surface area contributed by atoms with Gasteiger partial charge in [-0.25, -0.2) is 9.29 Å². The molecule has 0 radical (unpaired) electrons. The monoisotopic (exact) mass is 402 g/mol. The summed E-state index contributed by atoms with van der Waals surface area (Å²) in [4.78, 5) is 29.7. The van der Waals surface area contributed by atoms with Crippen molar-refractivity contribution in [3.8, 4) is 5.75 Å². The molecule has 0 aliphatic carbocycles. The molecule has 30 heavy (non-hydrogen) atoms. The van der Waals surface area contributed by atoms with Crippen molar-refractivity contribution < 1.29 is 18.7 Å². The van der Waals surface area contributed by atoms with Crippen molar-refractivity contribution in [1.82, 2.24) is 0 Å². The largest absolute Gasteiger partial charge is 0.497 e. The minimum atomic E-state index is -0.474. The Morgan fingerprint density at radius 2 is 1.57 bits per heavy atom. The van der Waals surface area contributed by atoms with Crippen LogP contribution in [0.4, 0.5) is 15.8 Å². The Labute approximate surface area is 173 Å². The minimum absolute atomic E-state index is 0.217. The first kappa shape index (κ1) is 19.4. The molecule has 6 heteroatoms. The lowest BCUT2D eigenvalue weighted by Crippen LogP contribution is -2.34. The highest BCUT2D eigenvalue weighted by Crippen LogP contribution is 2.36. The molecule has 4 rings (SSSR count). The lowest BCUT2D eigenvalue weighted by atomic mass is 10.0. The van der Waals surface area contributed by atoms with Crippen molar-refractivity contribution in [3.63, 3.8) is 0 Å². The van der Waals surface area contributed by atoms with E-state index in [1.165, 1.54) is 31.4 Å². The summed E-state index contributed by atoms with van der Waals surface area (Å²) in [5, 5.41) is 0. The maximum atomic E-state index is 13.5. The van der Waals surface area contributed by atoms with Gasteiger partial charge in [-0.15, -0.1) is 0 Å². The standard InChI is InChI=1S/C24H19FN2O3/c1-26(18-7-4-3-5-8-18)22-21(16-11-13-17(25)14-12-16)23(28)27(24(22)29)19-9-6-10-20(15-19)30-2/h3-15H,1-2H3. The average Bonchev–Trinajstić information content (AvgIpc) is 3.04. The second-order valence-corrected chi connectivity index (χ2v) is 6.77. The fraction of sp³-hybridized carbons (Fsp3) is 0.0833. The van der Waals surface area contributed by atoms with E-state index in [1.54, 1.807) is 36.2 Å². The Morgan fingerprint density at radius 1 is 0.867 bits per heavy atom. The van der Waals surface area contributed by atoms with Gasteiger partial charge in [0.15, 0.2) is 0 Å². The molecule has 2 amide bonds. The van der Waals surface area contributed by atoms with Crippen LogP contribution in [0.2, 0.25) is 0 Å². The van der Waals surface area contributed by atoms with Crippen molar-refractivity contribution in [1.29, 1.82) is 0 Å². The fourth-order valence-corrected chi connectivity index (χ4v) is 3.47. The van der Waals surface area contributed by atoms with Crippen LogP contribution in [0, 0.1) is 5.82 Å². The number of rotatable bonds is 5. The smallest absolute Gasteiger partial charge is 0.282 e. The number of nitrogens with zero attached hydrogens (tertiary/aromatic N) is 2. The van der Waals surface area contributed by atoms with Crippen molar-refractivity contribution in [2.24, 2.45) is 0 Å². The van der Waals surface area contributed by atoms with Crippen LogP contribution >= 0.6 is 0 Å². The Kier molecular flexibility index (Phi) is 5.06. The van der Waals surface area contributed by atoms with Gasteiger partial charge in [0.25, 0.3) is 11.8 Å². The number of hydrogen-bond acceptors (Lipinski definition) is 4. The summed E-state index contributed by atoms with van der Waals surface area (Å²) in [6.45, 7) is 0. The number of benzene rings is 3. The zero-order valence-electron chi connectivity index (χ0n) is 16.5. The lowest BCUT2D eigenvalue weighted by molar-refractivity contribution is -0.120. The van der Waals surface area contributed by atoms with Gasteiger partial charge >= 0.3 is 0 Å². The number of carbonyl (C=O) groups is 2. The number of amides is 2. The molecule has 0 saturated carbocycles. The van der Waals surface area contributed by atoms with E-state index in [2.05, 4.69) is 0 Å². The third-order valence-electron chi connectivity index (χ3n) is 4.98. The molecule has 0 atom stereocenters. The van der Waals surface area contributed by atoms with Crippen molar-refractivity contribution in [2.75, 3.05) is 24.0 Å².